The third-order valence-electron chi connectivity index (χ3n) is 4.08. The molecule has 0 aliphatic heterocycles. The molecule has 0 aliphatic carbocycles. The number of carbonyl (C=O) groups is 2. The molecule has 6 heteroatoms. The molecular formula is C20H36O6. The first-order chi connectivity index (χ1) is 12.5. The van der Waals surface area contributed by atoms with Gasteiger partial charge in [0.25, 0.3) is 0 Å². The third-order valence-corrected chi connectivity index (χ3v) is 4.08. The molecule has 0 saturated heterocycles. The van der Waals surface area contributed by atoms with Gasteiger partial charge in [0.1, 0.15) is 6.10 Å². The van der Waals surface area contributed by atoms with Crippen LogP contribution >= 0.6 is 0 Å². The van der Waals surface area contributed by atoms with Crippen LogP contribution in [0.3, 0.4) is 0 Å². The molecule has 0 radical (unpaired) electrons. The van der Waals surface area contributed by atoms with Crippen LogP contribution in [-0.4, -0.2) is 48.1 Å². The Morgan fingerprint density at radius 2 is 1.50 bits per heavy atom. The lowest BCUT2D eigenvalue weighted by Gasteiger charge is -2.16. The first kappa shape index (κ1) is 24.6. The van der Waals surface area contributed by atoms with Gasteiger partial charge in [-0.15, -0.1) is 0 Å². The van der Waals surface area contributed by atoms with Crippen LogP contribution in [0.4, 0.5) is 0 Å². The molecule has 152 valence electrons. The molecule has 0 aliphatic rings. The molecule has 1 atom stereocenters. The number of aliphatic hydroxyl groups is 1. The molecule has 6 nitrogen and oxygen atoms in total. The summed E-state index contributed by atoms with van der Waals surface area (Å²) >= 11 is 0. The Bertz CT molecular complexity index is 394. The van der Waals surface area contributed by atoms with Crippen molar-refractivity contribution in [1.82, 2.24) is 0 Å². The second-order valence-electron chi connectivity index (χ2n) is 6.64. The monoisotopic (exact) mass is 372 g/mol. The van der Waals surface area contributed by atoms with Gasteiger partial charge in [0.2, 0.25) is 0 Å². The van der Waals surface area contributed by atoms with Crippen LogP contribution in [0, 0.1) is 0 Å². The molecule has 26 heavy (non-hydrogen) atoms. The van der Waals surface area contributed by atoms with Gasteiger partial charge in [0.15, 0.2) is 0 Å². The van der Waals surface area contributed by atoms with E-state index in [1.54, 1.807) is 0 Å². The Morgan fingerprint density at radius 1 is 0.962 bits per heavy atom. The summed E-state index contributed by atoms with van der Waals surface area (Å²) in [5.41, 5.74) is -0.148. The van der Waals surface area contributed by atoms with Crippen molar-refractivity contribution < 1.29 is 29.3 Å². The predicted molar refractivity (Wildman–Crippen MR) is 101 cm³/mol. The van der Waals surface area contributed by atoms with Crippen LogP contribution in [0.25, 0.3) is 0 Å². The SMILES string of the molecule is C=C(CC(=O)O)C(=O)OC(CO)COCCCCCCCCCCCC. The lowest BCUT2D eigenvalue weighted by Crippen LogP contribution is -2.28. The van der Waals surface area contributed by atoms with Crippen LogP contribution in [0.15, 0.2) is 12.2 Å². The van der Waals surface area contributed by atoms with E-state index in [2.05, 4.69) is 13.5 Å². The first-order valence-corrected chi connectivity index (χ1v) is 9.80. The smallest absolute Gasteiger partial charge is 0.334 e. The molecule has 0 rings (SSSR count). The Hall–Kier alpha value is -1.40. The number of carbonyl (C=O) groups excluding carboxylic acids is 1. The molecule has 2 N–H and O–H groups in total. The van der Waals surface area contributed by atoms with Gasteiger partial charge < -0.3 is 19.7 Å². The zero-order chi connectivity index (χ0) is 19.6. The van der Waals surface area contributed by atoms with E-state index in [0.717, 1.165) is 12.8 Å². The molecular weight excluding hydrogens is 336 g/mol. The number of hydrogen-bond donors (Lipinski definition) is 2. The Labute approximate surface area is 157 Å². The number of ether oxygens (including phenoxy) is 2. The maximum atomic E-state index is 11.6. The highest BCUT2D eigenvalue weighted by atomic mass is 16.6. The zero-order valence-corrected chi connectivity index (χ0v) is 16.2. The van der Waals surface area contributed by atoms with Crippen LogP contribution in [-0.2, 0) is 19.1 Å². The predicted octanol–water partition coefficient (Wildman–Crippen LogP) is 3.86. The highest BCUT2D eigenvalue weighted by Crippen LogP contribution is 2.10. The summed E-state index contributed by atoms with van der Waals surface area (Å²) < 4.78 is 10.4. The quantitative estimate of drug-likeness (QED) is 0.216. The first-order valence-electron chi connectivity index (χ1n) is 9.80. The number of esters is 1. The van der Waals surface area contributed by atoms with Gasteiger partial charge >= 0.3 is 11.9 Å². The summed E-state index contributed by atoms with van der Waals surface area (Å²) in [5, 5.41) is 17.8. The second kappa shape index (κ2) is 17.0. The van der Waals surface area contributed by atoms with Crippen molar-refractivity contribution in [1.29, 1.82) is 0 Å². The van der Waals surface area contributed by atoms with E-state index >= 15 is 0 Å². The highest BCUT2D eigenvalue weighted by molar-refractivity contribution is 5.92. The van der Waals surface area contributed by atoms with Gasteiger partial charge in [-0.05, 0) is 6.42 Å². The molecule has 0 aromatic carbocycles. The van der Waals surface area contributed by atoms with E-state index in [9.17, 15) is 14.7 Å². The minimum atomic E-state index is -1.15. The number of aliphatic carboxylic acids is 1. The van der Waals surface area contributed by atoms with Gasteiger partial charge in [-0.1, -0.05) is 71.3 Å². The summed E-state index contributed by atoms with van der Waals surface area (Å²) in [7, 11) is 0. The standard InChI is InChI=1S/C20H36O6/c1-3-4-5-6-7-8-9-10-11-12-13-25-16-18(15-21)26-20(24)17(2)14-19(22)23/h18,21H,2-16H2,1H3,(H,22,23). The van der Waals surface area contributed by atoms with Gasteiger partial charge in [0.05, 0.1) is 19.6 Å². The fraction of sp³-hybridized carbons (Fsp3) is 0.800. The number of rotatable bonds is 18. The number of aliphatic hydroxyl groups excluding tert-OH is 1. The Morgan fingerprint density at radius 3 is 2.00 bits per heavy atom. The van der Waals surface area contributed by atoms with E-state index in [4.69, 9.17) is 14.6 Å². The van der Waals surface area contributed by atoms with Crippen LogP contribution < -0.4 is 0 Å². The lowest BCUT2D eigenvalue weighted by molar-refractivity contribution is -0.151. The van der Waals surface area contributed by atoms with Crippen LogP contribution in [0.1, 0.15) is 77.6 Å². The summed E-state index contributed by atoms with van der Waals surface area (Å²) in [6, 6.07) is 0. The Kier molecular flexibility index (Phi) is 16.1. The number of carboxylic acids is 1. The van der Waals surface area contributed by atoms with Crippen LogP contribution in [0.2, 0.25) is 0 Å². The molecule has 0 aromatic heterocycles. The fourth-order valence-electron chi connectivity index (χ4n) is 2.52. The molecule has 0 amide bonds. The third kappa shape index (κ3) is 14.9. The molecule has 0 fully saturated rings. The normalized spacial score (nSPS) is 11.9. The number of unbranched alkanes of at least 4 members (excludes halogenated alkanes) is 9. The summed E-state index contributed by atoms with van der Waals surface area (Å²) in [4.78, 5) is 22.1. The van der Waals surface area contributed by atoms with Crippen molar-refractivity contribution in [3.05, 3.63) is 12.2 Å². The van der Waals surface area contributed by atoms with E-state index in [1.165, 1.54) is 51.4 Å². The minimum absolute atomic E-state index is 0.0972. The summed E-state index contributed by atoms with van der Waals surface area (Å²) in [6.07, 6.45) is 11.2. The fourth-order valence-corrected chi connectivity index (χ4v) is 2.52. The average Bonchev–Trinajstić information content (AvgIpc) is 2.60. The largest absolute Gasteiger partial charge is 0.481 e. The molecule has 0 spiro atoms. The van der Waals surface area contributed by atoms with Gasteiger partial charge in [0, 0.05) is 12.2 Å². The topological polar surface area (TPSA) is 93.1 Å². The molecule has 0 bridgehead atoms. The van der Waals surface area contributed by atoms with Gasteiger partial charge in [-0.25, -0.2) is 4.79 Å². The summed E-state index contributed by atoms with van der Waals surface area (Å²) in [6.45, 7) is 5.88. The van der Waals surface area contributed by atoms with Crippen LogP contribution in [0.5, 0.6) is 0 Å². The maximum Gasteiger partial charge on any atom is 0.334 e. The minimum Gasteiger partial charge on any atom is -0.481 e. The van der Waals surface area contributed by atoms with Crippen molar-refractivity contribution >= 4 is 11.9 Å². The molecule has 0 saturated carbocycles. The summed E-state index contributed by atoms with van der Waals surface area (Å²) in [5.74, 6) is -1.96. The number of hydrogen-bond acceptors (Lipinski definition) is 5. The Balaban J connectivity index is 3.58. The van der Waals surface area contributed by atoms with Crippen molar-refractivity contribution in [2.75, 3.05) is 19.8 Å². The zero-order valence-electron chi connectivity index (χ0n) is 16.2. The van der Waals surface area contributed by atoms with Crippen molar-refractivity contribution in [3.63, 3.8) is 0 Å². The maximum absolute atomic E-state index is 11.6. The second-order valence-corrected chi connectivity index (χ2v) is 6.64. The molecule has 0 heterocycles. The number of carboxylic acid groups (broad SMARTS) is 1. The van der Waals surface area contributed by atoms with Gasteiger partial charge in [-0.2, -0.15) is 0 Å². The van der Waals surface area contributed by atoms with Crippen molar-refractivity contribution in [2.45, 2.75) is 83.7 Å². The highest BCUT2D eigenvalue weighted by Gasteiger charge is 2.18. The lowest BCUT2D eigenvalue weighted by atomic mass is 10.1. The molecule has 0 aromatic rings. The van der Waals surface area contributed by atoms with E-state index < -0.39 is 24.5 Å². The van der Waals surface area contributed by atoms with Crippen molar-refractivity contribution in [3.8, 4) is 0 Å². The van der Waals surface area contributed by atoms with Gasteiger partial charge in [-0.3, -0.25) is 4.79 Å². The van der Waals surface area contributed by atoms with E-state index in [0.29, 0.717) is 6.61 Å². The molecule has 1 unspecified atom stereocenters. The average molecular weight is 373 g/mol. The van der Waals surface area contributed by atoms with Crippen molar-refractivity contribution in [2.24, 2.45) is 0 Å². The van der Waals surface area contributed by atoms with E-state index in [-0.39, 0.29) is 18.8 Å². The van der Waals surface area contributed by atoms with E-state index in [1.807, 2.05) is 0 Å².